The topological polar surface area (TPSA) is 78.9 Å². The minimum atomic E-state index is -2.30. The zero-order valence-electron chi connectivity index (χ0n) is 12.0. The number of carbonyl (C=O) groups excluding carboxylic acids is 1. The van der Waals surface area contributed by atoms with Crippen LogP contribution in [0.1, 0.15) is 5.56 Å². The summed E-state index contributed by atoms with van der Waals surface area (Å²) in [5.41, 5.74) is 2.57. The second-order valence-electron chi connectivity index (χ2n) is 5.09. The molecule has 0 spiro atoms. The van der Waals surface area contributed by atoms with Gasteiger partial charge in [-0.3, -0.25) is 14.9 Å². The van der Waals surface area contributed by atoms with Gasteiger partial charge in [-0.2, -0.15) is 0 Å². The first-order chi connectivity index (χ1) is 9.34. The van der Waals surface area contributed by atoms with E-state index < -0.39 is 13.0 Å². The summed E-state index contributed by atoms with van der Waals surface area (Å²) in [5, 5.41) is 8.60. The zero-order valence-corrected chi connectivity index (χ0v) is 12.9. The molecule has 1 amide bonds. The molecular formula is C13H21N2O4P. The molecule has 6 nitrogen and oxygen atoms in total. The number of nitrogens with one attached hydrogen (secondary N) is 1. The highest BCUT2D eigenvalue weighted by atomic mass is 31.2. The van der Waals surface area contributed by atoms with E-state index in [-0.39, 0.29) is 6.54 Å². The van der Waals surface area contributed by atoms with Gasteiger partial charge in [0.1, 0.15) is 5.75 Å². The van der Waals surface area contributed by atoms with E-state index in [1.807, 2.05) is 24.3 Å². The van der Waals surface area contributed by atoms with Crippen LogP contribution in [0, 0.1) is 0 Å². The summed E-state index contributed by atoms with van der Waals surface area (Å²) in [4.78, 5) is 13.0. The molecular weight excluding hydrogens is 279 g/mol. The highest BCUT2D eigenvalue weighted by Crippen LogP contribution is 2.36. The minimum absolute atomic E-state index is 0.00575. The van der Waals surface area contributed by atoms with Gasteiger partial charge in [-0.25, -0.2) is 5.48 Å². The van der Waals surface area contributed by atoms with E-state index in [9.17, 15) is 9.36 Å². The van der Waals surface area contributed by atoms with Gasteiger partial charge in [0, 0.05) is 6.54 Å². The number of benzene rings is 1. The van der Waals surface area contributed by atoms with E-state index in [1.165, 1.54) is 0 Å². The Morgan fingerprint density at radius 3 is 2.40 bits per heavy atom. The van der Waals surface area contributed by atoms with Gasteiger partial charge in [0.05, 0.1) is 27.1 Å². The quantitative estimate of drug-likeness (QED) is 0.454. The van der Waals surface area contributed by atoms with Gasteiger partial charge >= 0.3 is 0 Å². The molecule has 0 aromatic heterocycles. The smallest absolute Gasteiger partial charge is 0.257 e. The lowest BCUT2D eigenvalue weighted by Gasteiger charge is -2.23. The lowest BCUT2D eigenvalue weighted by atomic mass is 10.2. The molecule has 1 aromatic rings. The Hall–Kier alpha value is -1.36. The van der Waals surface area contributed by atoms with Crippen LogP contribution in [0.15, 0.2) is 24.3 Å². The first-order valence-electron chi connectivity index (χ1n) is 6.16. The van der Waals surface area contributed by atoms with Crippen LogP contribution in [0.5, 0.6) is 5.75 Å². The molecule has 2 N–H and O–H groups in total. The average Bonchev–Trinajstić information content (AvgIpc) is 2.37. The largest absolute Gasteiger partial charge is 0.497 e. The van der Waals surface area contributed by atoms with Crippen molar-refractivity contribution in [3.63, 3.8) is 0 Å². The summed E-state index contributed by atoms with van der Waals surface area (Å²) in [7, 11) is -0.707. The molecule has 0 atom stereocenters. The van der Waals surface area contributed by atoms with Crippen molar-refractivity contribution in [1.82, 2.24) is 10.4 Å². The zero-order chi connectivity index (χ0) is 15.2. The number of carbonyl (C=O) groups is 1. The molecule has 0 bridgehead atoms. The highest BCUT2D eigenvalue weighted by molar-refractivity contribution is 7.62. The highest BCUT2D eigenvalue weighted by Gasteiger charge is 2.17. The van der Waals surface area contributed by atoms with E-state index in [1.54, 1.807) is 30.8 Å². The molecule has 0 unspecified atom stereocenters. The van der Waals surface area contributed by atoms with Gasteiger partial charge in [-0.1, -0.05) is 12.1 Å². The number of methoxy groups -OCH3 is 1. The summed E-state index contributed by atoms with van der Waals surface area (Å²) in [6.45, 7) is 3.81. The summed E-state index contributed by atoms with van der Waals surface area (Å²) >= 11 is 0. The summed E-state index contributed by atoms with van der Waals surface area (Å²) in [5.74, 6) is 0.233. The Bertz CT molecular complexity index is 484. The van der Waals surface area contributed by atoms with Gasteiger partial charge in [0.25, 0.3) is 5.91 Å². The number of hydrogen-bond donors (Lipinski definition) is 2. The number of hydrogen-bond acceptors (Lipinski definition) is 5. The molecule has 20 heavy (non-hydrogen) atoms. The van der Waals surface area contributed by atoms with Crippen LogP contribution in [0.4, 0.5) is 0 Å². The van der Waals surface area contributed by atoms with Crippen LogP contribution in [-0.4, -0.2) is 49.3 Å². The molecule has 0 heterocycles. The van der Waals surface area contributed by atoms with Crippen LogP contribution in [0.25, 0.3) is 0 Å². The van der Waals surface area contributed by atoms with Crippen molar-refractivity contribution in [3.8, 4) is 5.75 Å². The maximum Gasteiger partial charge on any atom is 0.257 e. The van der Waals surface area contributed by atoms with Gasteiger partial charge in [0.2, 0.25) is 0 Å². The summed E-state index contributed by atoms with van der Waals surface area (Å²) in [6.07, 6.45) is 0.312. The Morgan fingerprint density at radius 2 is 1.95 bits per heavy atom. The van der Waals surface area contributed by atoms with Crippen molar-refractivity contribution in [1.29, 1.82) is 0 Å². The normalized spacial score (nSPS) is 11.4. The average molecular weight is 300 g/mol. The Labute approximate surface area is 119 Å². The summed E-state index contributed by atoms with van der Waals surface area (Å²) < 4.78 is 17.0. The summed E-state index contributed by atoms with van der Waals surface area (Å²) in [6, 6.07) is 7.44. The monoisotopic (exact) mass is 300 g/mol. The second-order valence-corrected chi connectivity index (χ2v) is 8.52. The lowest BCUT2D eigenvalue weighted by Crippen LogP contribution is -2.36. The van der Waals surface area contributed by atoms with Crippen molar-refractivity contribution in [3.05, 3.63) is 29.8 Å². The molecule has 1 rings (SSSR count). The van der Waals surface area contributed by atoms with Gasteiger partial charge < -0.3 is 9.30 Å². The number of nitrogens with zero attached hydrogens (tertiary/aromatic N) is 1. The molecule has 1 aromatic carbocycles. The third kappa shape index (κ3) is 6.19. The van der Waals surface area contributed by atoms with E-state index >= 15 is 0 Å². The Kier molecular flexibility index (Phi) is 6.20. The van der Waals surface area contributed by atoms with Gasteiger partial charge in [0.15, 0.2) is 0 Å². The van der Waals surface area contributed by atoms with E-state index in [4.69, 9.17) is 9.94 Å². The van der Waals surface area contributed by atoms with Crippen molar-refractivity contribution in [2.45, 2.75) is 6.54 Å². The van der Waals surface area contributed by atoms with Gasteiger partial charge in [-0.15, -0.1) is 0 Å². The minimum Gasteiger partial charge on any atom is -0.497 e. The first kappa shape index (κ1) is 16.7. The number of hydroxylamine groups is 1. The third-order valence-electron chi connectivity index (χ3n) is 2.60. The van der Waals surface area contributed by atoms with Crippen molar-refractivity contribution in [2.75, 3.05) is 33.3 Å². The number of ether oxygens (including phenoxy) is 1. The molecule has 0 fully saturated rings. The van der Waals surface area contributed by atoms with Gasteiger partial charge in [-0.05, 0) is 31.0 Å². The van der Waals surface area contributed by atoms with Crippen LogP contribution in [0.3, 0.4) is 0 Å². The predicted octanol–water partition coefficient (Wildman–Crippen LogP) is 1.58. The molecule has 0 radical (unpaired) electrons. The molecule has 112 valence electrons. The number of rotatable bonds is 7. The second kappa shape index (κ2) is 7.43. The van der Waals surface area contributed by atoms with Crippen LogP contribution >= 0.6 is 7.14 Å². The Morgan fingerprint density at radius 1 is 1.35 bits per heavy atom. The fourth-order valence-electron chi connectivity index (χ4n) is 1.87. The van der Waals surface area contributed by atoms with Crippen LogP contribution < -0.4 is 10.2 Å². The maximum atomic E-state index is 11.9. The lowest BCUT2D eigenvalue weighted by molar-refractivity contribution is -0.130. The van der Waals surface area contributed by atoms with Crippen LogP contribution in [-0.2, 0) is 15.9 Å². The fourth-order valence-corrected chi connectivity index (χ4v) is 3.03. The van der Waals surface area contributed by atoms with Crippen molar-refractivity contribution < 1.29 is 19.3 Å². The first-order valence-corrected chi connectivity index (χ1v) is 8.95. The molecule has 0 aliphatic rings. The molecule has 0 aliphatic carbocycles. The molecule has 0 saturated heterocycles. The van der Waals surface area contributed by atoms with E-state index in [0.29, 0.717) is 12.8 Å². The third-order valence-corrected chi connectivity index (χ3v) is 3.68. The Balaban J connectivity index is 2.76. The molecule has 0 aliphatic heterocycles. The molecule has 0 saturated carbocycles. The standard InChI is InChI=1S/C13H21N2O4P/c1-19-12-6-4-11(5-7-12)8-15(9-13(16)14-17)10-20(2,3)18/h4-7,17H,8-10H2,1-3H3,(H,14,16). The maximum absolute atomic E-state index is 11.9. The van der Waals surface area contributed by atoms with E-state index in [2.05, 4.69) is 0 Å². The fraction of sp³-hybridized carbons (Fsp3) is 0.462. The predicted molar refractivity (Wildman–Crippen MR) is 77.7 cm³/mol. The molecule has 7 heteroatoms. The van der Waals surface area contributed by atoms with Crippen LogP contribution in [0.2, 0.25) is 0 Å². The van der Waals surface area contributed by atoms with E-state index in [0.717, 1.165) is 11.3 Å². The van der Waals surface area contributed by atoms with Crippen molar-refractivity contribution in [2.24, 2.45) is 0 Å². The number of amides is 1. The SMILES string of the molecule is COc1ccc(CN(CC(=O)NO)CP(C)(C)=O)cc1. The van der Waals surface area contributed by atoms with Crippen molar-refractivity contribution >= 4 is 13.0 Å².